The summed E-state index contributed by atoms with van der Waals surface area (Å²) < 4.78 is 7.78. The Hall–Kier alpha value is -2.54. The second kappa shape index (κ2) is 6.16. The van der Waals surface area contributed by atoms with Gasteiger partial charge in [0.25, 0.3) is 0 Å². The van der Waals surface area contributed by atoms with Gasteiger partial charge in [-0.1, -0.05) is 0 Å². The van der Waals surface area contributed by atoms with Gasteiger partial charge in [-0.2, -0.15) is 0 Å². The second-order valence-electron chi connectivity index (χ2n) is 6.38. The molecule has 0 amide bonds. The molecule has 1 saturated heterocycles. The van der Waals surface area contributed by atoms with Gasteiger partial charge in [0.05, 0.1) is 23.3 Å². The summed E-state index contributed by atoms with van der Waals surface area (Å²) in [6.45, 7) is 6.06. The molecule has 0 aliphatic carbocycles. The van der Waals surface area contributed by atoms with E-state index < -0.39 is 0 Å². The van der Waals surface area contributed by atoms with Crippen molar-refractivity contribution < 1.29 is 4.74 Å². The van der Waals surface area contributed by atoms with Gasteiger partial charge in [0.2, 0.25) is 5.95 Å². The number of fused-ring (bicyclic) bond motifs is 1. The van der Waals surface area contributed by atoms with E-state index in [-0.39, 0.29) is 6.10 Å². The number of benzene rings is 1. The number of nitrogens with zero attached hydrogens (tertiary/aromatic N) is 3. The fourth-order valence-electron chi connectivity index (χ4n) is 3.00. The Morgan fingerprint density at radius 2 is 2.25 bits per heavy atom. The molecule has 0 unspecified atom stereocenters. The number of anilines is 1. The second-order valence-corrected chi connectivity index (χ2v) is 6.38. The van der Waals surface area contributed by atoms with Gasteiger partial charge >= 0.3 is 0 Å². The molecule has 1 atom stereocenters. The molecule has 4 rings (SSSR count). The number of hydrogen-bond acceptors (Lipinski definition) is 5. The molecule has 0 spiro atoms. The summed E-state index contributed by atoms with van der Waals surface area (Å²) in [7, 11) is 0. The average Bonchev–Trinajstić information content (AvgIpc) is 3.27. The van der Waals surface area contributed by atoms with Crippen LogP contribution < -0.4 is 15.4 Å². The Morgan fingerprint density at radius 3 is 3.04 bits per heavy atom. The number of aromatic amines is 1. The quantitative estimate of drug-likeness (QED) is 0.670. The number of imidazole rings is 2. The van der Waals surface area contributed by atoms with E-state index in [0.717, 1.165) is 48.1 Å². The van der Waals surface area contributed by atoms with Crippen LogP contribution >= 0.6 is 0 Å². The summed E-state index contributed by atoms with van der Waals surface area (Å²) in [5.74, 6) is 2.51. The highest BCUT2D eigenvalue weighted by molar-refractivity contribution is 5.78. The van der Waals surface area contributed by atoms with Crippen LogP contribution in [-0.4, -0.2) is 44.8 Å². The maximum atomic E-state index is 5.79. The van der Waals surface area contributed by atoms with E-state index in [0.29, 0.717) is 6.04 Å². The molecule has 1 aliphatic rings. The SMILES string of the molecule is CC(C)Oc1ccc2ncn(-c3cnc(N[C@@H]4CCNC4)[nH]3)c2c1. The van der Waals surface area contributed by atoms with Crippen LogP contribution in [0.25, 0.3) is 16.9 Å². The number of rotatable bonds is 5. The number of H-pyrrole nitrogens is 1. The van der Waals surface area contributed by atoms with Crippen LogP contribution in [0, 0.1) is 0 Å². The van der Waals surface area contributed by atoms with Gasteiger partial charge in [0.1, 0.15) is 17.9 Å². The zero-order valence-electron chi connectivity index (χ0n) is 13.9. The third kappa shape index (κ3) is 2.94. The van der Waals surface area contributed by atoms with E-state index in [2.05, 4.69) is 25.6 Å². The number of ether oxygens (including phenoxy) is 1. The van der Waals surface area contributed by atoms with Gasteiger partial charge in [-0.3, -0.25) is 4.57 Å². The van der Waals surface area contributed by atoms with Gasteiger partial charge < -0.3 is 20.4 Å². The van der Waals surface area contributed by atoms with Crippen LogP contribution in [0.3, 0.4) is 0 Å². The van der Waals surface area contributed by atoms with Gasteiger partial charge in [-0.05, 0) is 38.9 Å². The van der Waals surface area contributed by atoms with E-state index in [4.69, 9.17) is 4.74 Å². The zero-order valence-corrected chi connectivity index (χ0v) is 13.9. The van der Waals surface area contributed by atoms with Crippen LogP contribution in [-0.2, 0) is 0 Å². The predicted octanol–water partition coefficient (Wildman–Crippen LogP) is 2.31. The van der Waals surface area contributed by atoms with Crippen molar-refractivity contribution in [1.82, 2.24) is 24.8 Å². The highest BCUT2D eigenvalue weighted by Gasteiger charge is 2.16. The molecular formula is C17H22N6O. The van der Waals surface area contributed by atoms with E-state index >= 15 is 0 Å². The van der Waals surface area contributed by atoms with E-state index in [9.17, 15) is 0 Å². The summed E-state index contributed by atoms with van der Waals surface area (Å²) in [4.78, 5) is 12.2. The molecule has 3 aromatic rings. The molecule has 0 saturated carbocycles. The standard InChI is InChI=1S/C17H22N6O/c1-11(2)24-13-3-4-14-15(7-13)23(10-20-14)16-9-19-17(22-16)21-12-5-6-18-8-12/h3-4,7,9-12,18H,5-6,8H2,1-2H3,(H2,19,21,22)/t12-/m1/s1. The van der Waals surface area contributed by atoms with Crippen molar-refractivity contribution in [1.29, 1.82) is 0 Å². The van der Waals surface area contributed by atoms with E-state index in [1.54, 1.807) is 6.33 Å². The molecule has 7 heteroatoms. The maximum absolute atomic E-state index is 5.79. The lowest BCUT2D eigenvalue weighted by molar-refractivity contribution is 0.242. The van der Waals surface area contributed by atoms with Crippen molar-refractivity contribution in [2.45, 2.75) is 32.4 Å². The lowest BCUT2D eigenvalue weighted by atomic mass is 10.3. The minimum absolute atomic E-state index is 0.141. The first-order chi connectivity index (χ1) is 11.7. The number of hydrogen-bond donors (Lipinski definition) is 3. The summed E-state index contributed by atoms with van der Waals surface area (Å²) in [6, 6.07) is 6.36. The lowest BCUT2D eigenvalue weighted by Crippen LogP contribution is -2.22. The first-order valence-electron chi connectivity index (χ1n) is 8.35. The molecule has 1 fully saturated rings. The molecule has 1 aromatic carbocycles. The molecule has 3 N–H and O–H groups in total. The predicted molar refractivity (Wildman–Crippen MR) is 93.9 cm³/mol. The summed E-state index contributed by atoms with van der Waals surface area (Å²) in [6.07, 6.45) is 4.88. The molecule has 3 heterocycles. The van der Waals surface area contributed by atoms with Crippen LogP contribution in [0.4, 0.5) is 5.95 Å². The van der Waals surface area contributed by atoms with Crippen LogP contribution in [0.2, 0.25) is 0 Å². The van der Waals surface area contributed by atoms with Crippen molar-refractivity contribution in [3.63, 3.8) is 0 Å². The van der Waals surface area contributed by atoms with Gasteiger partial charge in [-0.25, -0.2) is 9.97 Å². The average molecular weight is 326 g/mol. The third-order valence-corrected chi connectivity index (χ3v) is 4.11. The minimum Gasteiger partial charge on any atom is -0.491 e. The molecule has 0 radical (unpaired) electrons. The third-order valence-electron chi connectivity index (χ3n) is 4.11. The van der Waals surface area contributed by atoms with Gasteiger partial charge in [0.15, 0.2) is 0 Å². The Morgan fingerprint density at radius 1 is 1.33 bits per heavy atom. The highest BCUT2D eigenvalue weighted by atomic mass is 16.5. The molecule has 126 valence electrons. The van der Waals surface area contributed by atoms with E-state index in [1.165, 1.54) is 0 Å². The van der Waals surface area contributed by atoms with Gasteiger partial charge in [0, 0.05) is 18.7 Å². The fraction of sp³-hybridized carbons (Fsp3) is 0.412. The van der Waals surface area contributed by atoms with Crippen molar-refractivity contribution >= 4 is 17.0 Å². The number of aromatic nitrogens is 4. The van der Waals surface area contributed by atoms with E-state index in [1.807, 2.05) is 42.8 Å². The van der Waals surface area contributed by atoms with Crippen LogP contribution in [0.5, 0.6) is 5.75 Å². The Kier molecular flexibility index (Phi) is 3.86. The Balaban J connectivity index is 1.62. The van der Waals surface area contributed by atoms with Crippen molar-refractivity contribution in [3.8, 4) is 11.6 Å². The van der Waals surface area contributed by atoms with Gasteiger partial charge in [-0.15, -0.1) is 0 Å². The maximum Gasteiger partial charge on any atom is 0.202 e. The summed E-state index contributed by atoms with van der Waals surface area (Å²) >= 11 is 0. The monoisotopic (exact) mass is 326 g/mol. The first kappa shape index (κ1) is 15.0. The Labute approximate surface area is 140 Å². The smallest absolute Gasteiger partial charge is 0.202 e. The van der Waals surface area contributed by atoms with Crippen molar-refractivity contribution in [2.24, 2.45) is 0 Å². The minimum atomic E-state index is 0.141. The molecular weight excluding hydrogens is 304 g/mol. The molecule has 7 nitrogen and oxygen atoms in total. The first-order valence-corrected chi connectivity index (χ1v) is 8.35. The fourth-order valence-corrected chi connectivity index (χ4v) is 3.00. The molecule has 2 aromatic heterocycles. The highest BCUT2D eigenvalue weighted by Crippen LogP contribution is 2.23. The largest absolute Gasteiger partial charge is 0.491 e. The van der Waals surface area contributed by atoms with Crippen molar-refractivity contribution in [2.75, 3.05) is 18.4 Å². The Bertz CT molecular complexity index is 831. The summed E-state index contributed by atoms with van der Waals surface area (Å²) in [5.41, 5.74) is 1.92. The van der Waals surface area contributed by atoms with Crippen molar-refractivity contribution in [3.05, 3.63) is 30.7 Å². The van der Waals surface area contributed by atoms with Crippen LogP contribution in [0.15, 0.2) is 30.7 Å². The lowest BCUT2D eigenvalue weighted by Gasteiger charge is -2.10. The zero-order chi connectivity index (χ0) is 16.5. The topological polar surface area (TPSA) is 79.8 Å². The number of nitrogens with one attached hydrogen (secondary N) is 3. The van der Waals surface area contributed by atoms with Crippen LogP contribution in [0.1, 0.15) is 20.3 Å². The molecule has 0 bridgehead atoms. The molecule has 24 heavy (non-hydrogen) atoms. The summed E-state index contributed by atoms with van der Waals surface area (Å²) in [5, 5.41) is 6.76. The molecule has 1 aliphatic heterocycles. The normalized spacial score (nSPS) is 17.7.